The van der Waals surface area contributed by atoms with Crippen LogP contribution in [0.3, 0.4) is 0 Å². The number of hydrogen-bond donors (Lipinski definition) is 2. The van der Waals surface area contributed by atoms with Crippen molar-refractivity contribution in [3.8, 4) is 0 Å². The molecule has 0 bridgehead atoms. The predicted octanol–water partition coefficient (Wildman–Crippen LogP) is 0.722. The molecule has 0 saturated carbocycles. The Bertz CT molecular complexity index is 375. The number of ether oxygens (including phenoxy) is 1. The number of carbonyl (C=O) groups excluding carboxylic acids is 1. The van der Waals surface area contributed by atoms with Crippen LogP contribution in [0.15, 0.2) is 30.3 Å². The van der Waals surface area contributed by atoms with Crippen LogP contribution in [0.5, 0.6) is 0 Å². The van der Waals surface area contributed by atoms with E-state index in [1.807, 2.05) is 25.1 Å². The summed E-state index contributed by atoms with van der Waals surface area (Å²) in [4.78, 5) is 11.9. The molecule has 4 heteroatoms. The van der Waals surface area contributed by atoms with E-state index in [0.717, 1.165) is 13.0 Å². The summed E-state index contributed by atoms with van der Waals surface area (Å²) in [5.41, 5.74) is 1.23. The topological polar surface area (TPSA) is 50.4 Å². The number of morpholine rings is 1. The zero-order valence-corrected chi connectivity index (χ0v) is 10.7. The van der Waals surface area contributed by atoms with Crippen LogP contribution in [-0.4, -0.2) is 37.7 Å². The first kappa shape index (κ1) is 13.1. The van der Waals surface area contributed by atoms with Crippen molar-refractivity contribution in [2.45, 2.75) is 25.4 Å². The average Bonchev–Trinajstić information content (AvgIpc) is 2.40. The number of carbonyl (C=O) groups is 1. The lowest BCUT2D eigenvalue weighted by Crippen LogP contribution is -2.53. The first-order valence-corrected chi connectivity index (χ1v) is 6.41. The smallest absolute Gasteiger partial charge is 0.239 e. The van der Waals surface area contributed by atoms with E-state index in [1.165, 1.54) is 5.56 Å². The SMILES string of the molecule is CC(Cc1ccccc1)NC(=O)C1COCCN1. The molecule has 1 aromatic carbocycles. The number of benzene rings is 1. The number of hydrogen-bond acceptors (Lipinski definition) is 3. The van der Waals surface area contributed by atoms with Crippen molar-refractivity contribution in [2.75, 3.05) is 19.8 Å². The van der Waals surface area contributed by atoms with Crippen LogP contribution in [0.2, 0.25) is 0 Å². The molecule has 18 heavy (non-hydrogen) atoms. The summed E-state index contributed by atoms with van der Waals surface area (Å²) in [6.45, 7) is 3.91. The number of nitrogens with one attached hydrogen (secondary N) is 2. The van der Waals surface area contributed by atoms with Crippen molar-refractivity contribution in [3.05, 3.63) is 35.9 Å². The summed E-state index contributed by atoms with van der Waals surface area (Å²) >= 11 is 0. The van der Waals surface area contributed by atoms with Gasteiger partial charge in [0.1, 0.15) is 6.04 Å². The second kappa shape index (κ2) is 6.52. The van der Waals surface area contributed by atoms with Crippen molar-refractivity contribution < 1.29 is 9.53 Å². The Morgan fingerprint density at radius 3 is 2.94 bits per heavy atom. The molecule has 0 radical (unpaired) electrons. The van der Waals surface area contributed by atoms with E-state index < -0.39 is 0 Å². The Morgan fingerprint density at radius 1 is 1.50 bits per heavy atom. The van der Waals surface area contributed by atoms with Crippen LogP contribution in [0.1, 0.15) is 12.5 Å². The first-order valence-electron chi connectivity index (χ1n) is 6.41. The van der Waals surface area contributed by atoms with E-state index >= 15 is 0 Å². The van der Waals surface area contributed by atoms with E-state index in [4.69, 9.17) is 4.74 Å². The van der Waals surface area contributed by atoms with Gasteiger partial charge in [-0.3, -0.25) is 4.79 Å². The molecule has 4 nitrogen and oxygen atoms in total. The van der Waals surface area contributed by atoms with Gasteiger partial charge in [0.2, 0.25) is 5.91 Å². The van der Waals surface area contributed by atoms with Gasteiger partial charge in [-0.1, -0.05) is 30.3 Å². The molecule has 1 aromatic rings. The van der Waals surface area contributed by atoms with E-state index in [2.05, 4.69) is 22.8 Å². The molecule has 0 aromatic heterocycles. The molecule has 1 saturated heterocycles. The maximum absolute atomic E-state index is 11.9. The zero-order chi connectivity index (χ0) is 12.8. The van der Waals surface area contributed by atoms with Crippen molar-refractivity contribution in [2.24, 2.45) is 0 Å². The summed E-state index contributed by atoms with van der Waals surface area (Å²) in [5, 5.41) is 6.17. The Balaban J connectivity index is 1.79. The van der Waals surface area contributed by atoms with E-state index in [0.29, 0.717) is 13.2 Å². The molecule has 98 valence electrons. The van der Waals surface area contributed by atoms with E-state index in [1.54, 1.807) is 0 Å². The van der Waals surface area contributed by atoms with Gasteiger partial charge in [-0.2, -0.15) is 0 Å². The lowest BCUT2D eigenvalue weighted by Gasteiger charge is -2.24. The van der Waals surface area contributed by atoms with E-state index in [-0.39, 0.29) is 18.0 Å². The van der Waals surface area contributed by atoms with E-state index in [9.17, 15) is 4.79 Å². The van der Waals surface area contributed by atoms with Crippen molar-refractivity contribution in [3.63, 3.8) is 0 Å². The monoisotopic (exact) mass is 248 g/mol. The quantitative estimate of drug-likeness (QED) is 0.825. The Labute approximate surface area is 108 Å². The Morgan fingerprint density at radius 2 is 2.28 bits per heavy atom. The Hall–Kier alpha value is -1.39. The van der Waals surface area contributed by atoms with Crippen LogP contribution in [0.4, 0.5) is 0 Å². The minimum Gasteiger partial charge on any atom is -0.378 e. The largest absolute Gasteiger partial charge is 0.378 e. The number of rotatable bonds is 4. The fourth-order valence-electron chi connectivity index (χ4n) is 2.10. The molecule has 2 atom stereocenters. The molecular weight excluding hydrogens is 228 g/mol. The molecule has 2 N–H and O–H groups in total. The maximum atomic E-state index is 11.9. The number of amides is 1. The van der Waals surface area contributed by atoms with Gasteiger partial charge in [0, 0.05) is 12.6 Å². The second-order valence-corrected chi connectivity index (χ2v) is 4.68. The summed E-state index contributed by atoms with van der Waals surface area (Å²) < 4.78 is 5.28. The molecule has 1 fully saturated rings. The molecular formula is C14H20N2O2. The summed E-state index contributed by atoms with van der Waals surface area (Å²) in [6.07, 6.45) is 0.847. The van der Waals surface area contributed by atoms with Gasteiger partial charge in [-0.05, 0) is 18.9 Å². The fraction of sp³-hybridized carbons (Fsp3) is 0.500. The molecule has 1 amide bonds. The van der Waals surface area contributed by atoms with Gasteiger partial charge in [-0.25, -0.2) is 0 Å². The Kier molecular flexibility index (Phi) is 4.73. The lowest BCUT2D eigenvalue weighted by molar-refractivity contribution is -0.126. The predicted molar refractivity (Wildman–Crippen MR) is 70.4 cm³/mol. The van der Waals surface area contributed by atoms with Crippen LogP contribution in [0, 0.1) is 0 Å². The van der Waals surface area contributed by atoms with Crippen LogP contribution >= 0.6 is 0 Å². The third-order valence-corrected chi connectivity index (χ3v) is 3.01. The summed E-state index contributed by atoms with van der Waals surface area (Å²) in [7, 11) is 0. The van der Waals surface area contributed by atoms with Gasteiger partial charge in [0.25, 0.3) is 0 Å². The fourth-order valence-corrected chi connectivity index (χ4v) is 2.10. The summed E-state index contributed by atoms with van der Waals surface area (Å²) in [5.74, 6) is 0.0260. The summed E-state index contributed by atoms with van der Waals surface area (Å²) in [6, 6.07) is 10.1. The third kappa shape index (κ3) is 3.82. The molecule has 1 aliphatic rings. The minimum absolute atomic E-state index is 0.0260. The minimum atomic E-state index is -0.211. The van der Waals surface area contributed by atoms with Crippen LogP contribution in [-0.2, 0) is 16.0 Å². The molecule has 0 spiro atoms. The van der Waals surface area contributed by atoms with Gasteiger partial charge in [0.05, 0.1) is 13.2 Å². The van der Waals surface area contributed by atoms with Gasteiger partial charge >= 0.3 is 0 Å². The highest BCUT2D eigenvalue weighted by molar-refractivity contribution is 5.82. The molecule has 2 rings (SSSR count). The van der Waals surface area contributed by atoms with Gasteiger partial charge in [-0.15, -0.1) is 0 Å². The average molecular weight is 248 g/mol. The normalized spacial score (nSPS) is 21.3. The highest BCUT2D eigenvalue weighted by Gasteiger charge is 2.22. The van der Waals surface area contributed by atoms with Crippen molar-refractivity contribution in [1.29, 1.82) is 0 Å². The van der Waals surface area contributed by atoms with Crippen molar-refractivity contribution in [1.82, 2.24) is 10.6 Å². The zero-order valence-electron chi connectivity index (χ0n) is 10.7. The van der Waals surface area contributed by atoms with Crippen LogP contribution in [0.25, 0.3) is 0 Å². The third-order valence-electron chi connectivity index (χ3n) is 3.01. The first-order chi connectivity index (χ1) is 8.75. The second-order valence-electron chi connectivity index (χ2n) is 4.68. The molecule has 1 aliphatic heterocycles. The standard InChI is InChI=1S/C14H20N2O2/c1-11(9-12-5-3-2-4-6-12)16-14(17)13-10-18-8-7-15-13/h2-6,11,13,15H,7-10H2,1H3,(H,16,17). The van der Waals surface area contributed by atoms with Gasteiger partial charge in [0.15, 0.2) is 0 Å². The molecule has 0 aliphatic carbocycles. The highest BCUT2D eigenvalue weighted by atomic mass is 16.5. The van der Waals surface area contributed by atoms with Crippen molar-refractivity contribution >= 4 is 5.91 Å². The molecule has 2 unspecified atom stereocenters. The molecule has 1 heterocycles. The maximum Gasteiger partial charge on any atom is 0.239 e. The van der Waals surface area contributed by atoms with Gasteiger partial charge < -0.3 is 15.4 Å². The lowest BCUT2D eigenvalue weighted by atomic mass is 10.1. The van der Waals surface area contributed by atoms with Crippen LogP contribution < -0.4 is 10.6 Å². The highest BCUT2D eigenvalue weighted by Crippen LogP contribution is 2.03.